The van der Waals surface area contributed by atoms with E-state index in [2.05, 4.69) is 17.3 Å². The summed E-state index contributed by atoms with van der Waals surface area (Å²) < 4.78 is 10.3. The van der Waals surface area contributed by atoms with E-state index in [1.807, 2.05) is 12.1 Å². The van der Waals surface area contributed by atoms with E-state index in [9.17, 15) is 5.11 Å². The van der Waals surface area contributed by atoms with Crippen molar-refractivity contribution in [2.75, 3.05) is 34.4 Å². The van der Waals surface area contributed by atoms with Crippen LogP contribution >= 0.6 is 0 Å². The number of nitrogens with one attached hydrogen (secondary N) is 1. The zero-order valence-electron chi connectivity index (χ0n) is 12.5. The number of hydrogen-bond acceptors (Lipinski definition) is 5. The van der Waals surface area contributed by atoms with Crippen LogP contribution in [0.15, 0.2) is 12.1 Å². The zero-order chi connectivity index (χ0) is 14.5. The molecule has 0 heterocycles. The number of benzene rings is 1. The average molecular weight is 280 g/mol. The van der Waals surface area contributed by atoms with Gasteiger partial charge in [-0.2, -0.15) is 0 Å². The number of ether oxygens (including phenoxy) is 2. The topological polar surface area (TPSA) is 54.0 Å². The highest BCUT2D eigenvalue weighted by molar-refractivity contribution is 5.52. The fourth-order valence-electron chi connectivity index (χ4n) is 2.24. The fraction of sp³-hybridized carbons (Fsp3) is 0.600. The van der Waals surface area contributed by atoms with Gasteiger partial charge in [0.25, 0.3) is 0 Å². The molecule has 0 atom stereocenters. The first kappa shape index (κ1) is 14.9. The summed E-state index contributed by atoms with van der Waals surface area (Å²) in [4.78, 5) is 2.39. The molecule has 1 aromatic carbocycles. The lowest BCUT2D eigenvalue weighted by molar-refractivity contribution is 0.321. The molecular weight excluding hydrogens is 256 g/mol. The summed E-state index contributed by atoms with van der Waals surface area (Å²) in [5.74, 6) is 0.930. The Hall–Kier alpha value is -1.46. The van der Waals surface area contributed by atoms with E-state index in [-0.39, 0.29) is 5.75 Å². The summed E-state index contributed by atoms with van der Waals surface area (Å²) in [6.45, 7) is 2.72. The smallest absolute Gasteiger partial charge is 0.200 e. The molecule has 2 rings (SSSR count). The molecule has 5 heteroatoms. The molecule has 0 aromatic heterocycles. The Bertz CT molecular complexity index is 422. The van der Waals surface area contributed by atoms with Crippen LogP contribution < -0.4 is 14.8 Å². The summed E-state index contributed by atoms with van der Waals surface area (Å²) in [6, 6.07) is 4.45. The Kier molecular flexibility index (Phi) is 5.09. The standard InChI is InChI=1S/C15H24N2O3/c1-17(12-4-5-12)7-6-16-10-11-8-13(19-2)15(18)14(9-11)20-3/h8-9,12,16,18H,4-7,10H2,1-3H3. The SMILES string of the molecule is COc1cc(CNCCN(C)C2CC2)cc(OC)c1O. The maximum Gasteiger partial charge on any atom is 0.200 e. The predicted molar refractivity (Wildman–Crippen MR) is 78.6 cm³/mol. The first-order valence-electron chi connectivity index (χ1n) is 7.00. The van der Waals surface area contributed by atoms with Gasteiger partial charge in [-0.15, -0.1) is 0 Å². The first-order valence-corrected chi connectivity index (χ1v) is 7.00. The third-order valence-corrected chi connectivity index (χ3v) is 3.68. The van der Waals surface area contributed by atoms with Crippen molar-refractivity contribution < 1.29 is 14.6 Å². The highest BCUT2D eigenvalue weighted by atomic mass is 16.5. The van der Waals surface area contributed by atoms with Gasteiger partial charge in [0.05, 0.1) is 14.2 Å². The lowest BCUT2D eigenvalue weighted by atomic mass is 10.2. The van der Waals surface area contributed by atoms with Gasteiger partial charge in [-0.25, -0.2) is 0 Å². The van der Waals surface area contributed by atoms with Crippen LogP contribution in [0.5, 0.6) is 17.2 Å². The van der Waals surface area contributed by atoms with E-state index in [4.69, 9.17) is 9.47 Å². The van der Waals surface area contributed by atoms with E-state index in [0.29, 0.717) is 11.5 Å². The summed E-state index contributed by atoms with van der Waals surface area (Å²) in [6.07, 6.45) is 2.67. The monoisotopic (exact) mass is 280 g/mol. The van der Waals surface area contributed by atoms with Crippen molar-refractivity contribution in [3.63, 3.8) is 0 Å². The van der Waals surface area contributed by atoms with Gasteiger partial charge in [-0.1, -0.05) is 0 Å². The third-order valence-electron chi connectivity index (χ3n) is 3.68. The molecule has 0 saturated heterocycles. The Morgan fingerprint density at radius 3 is 2.35 bits per heavy atom. The second-order valence-electron chi connectivity index (χ2n) is 5.24. The zero-order valence-corrected chi connectivity index (χ0v) is 12.5. The van der Waals surface area contributed by atoms with Gasteiger partial charge in [-0.05, 0) is 37.6 Å². The van der Waals surface area contributed by atoms with Crippen LogP contribution in [0.1, 0.15) is 18.4 Å². The lowest BCUT2D eigenvalue weighted by Crippen LogP contribution is -2.30. The van der Waals surface area contributed by atoms with Gasteiger partial charge < -0.3 is 24.8 Å². The van der Waals surface area contributed by atoms with Gasteiger partial charge in [0.15, 0.2) is 11.5 Å². The molecule has 5 nitrogen and oxygen atoms in total. The molecule has 0 bridgehead atoms. The van der Waals surface area contributed by atoms with Crippen LogP contribution in [0.2, 0.25) is 0 Å². The molecule has 2 N–H and O–H groups in total. The quantitative estimate of drug-likeness (QED) is 0.708. The van der Waals surface area contributed by atoms with Crippen molar-refractivity contribution >= 4 is 0 Å². The number of methoxy groups -OCH3 is 2. The van der Waals surface area contributed by atoms with E-state index >= 15 is 0 Å². The summed E-state index contributed by atoms with van der Waals surface area (Å²) in [7, 11) is 5.25. The number of phenolic OH excluding ortho intramolecular Hbond substituents is 1. The minimum atomic E-state index is 0.0483. The molecule has 20 heavy (non-hydrogen) atoms. The molecule has 0 aliphatic heterocycles. The van der Waals surface area contributed by atoms with Crippen LogP contribution in [0.4, 0.5) is 0 Å². The molecule has 1 aromatic rings. The summed E-state index contributed by atoms with van der Waals surface area (Å²) in [5.41, 5.74) is 1.03. The van der Waals surface area contributed by atoms with Crippen molar-refractivity contribution in [2.24, 2.45) is 0 Å². The maximum absolute atomic E-state index is 9.85. The van der Waals surface area contributed by atoms with E-state index < -0.39 is 0 Å². The fourth-order valence-corrected chi connectivity index (χ4v) is 2.24. The number of phenols is 1. The number of aromatic hydroxyl groups is 1. The van der Waals surface area contributed by atoms with Crippen molar-refractivity contribution in [1.82, 2.24) is 10.2 Å². The molecule has 0 spiro atoms. The number of hydrogen-bond donors (Lipinski definition) is 2. The molecule has 0 amide bonds. The van der Waals surface area contributed by atoms with Gasteiger partial charge in [0, 0.05) is 25.7 Å². The van der Waals surface area contributed by atoms with Crippen molar-refractivity contribution in [3.05, 3.63) is 17.7 Å². The average Bonchev–Trinajstić information content (AvgIpc) is 3.29. The van der Waals surface area contributed by atoms with Gasteiger partial charge in [0.2, 0.25) is 5.75 Å². The largest absolute Gasteiger partial charge is 0.502 e. The highest BCUT2D eigenvalue weighted by Gasteiger charge is 2.25. The van der Waals surface area contributed by atoms with Crippen LogP contribution in [0.3, 0.4) is 0 Å². The lowest BCUT2D eigenvalue weighted by Gasteiger charge is -2.16. The van der Waals surface area contributed by atoms with Crippen molar-refractivity contribution in [1.29, 1.82) is 0 Å². The number of likely N-dealkylation sites (N-methyl/N-ethyl adjacent to an activating group) is 1. The summed E-state index contributed by atoms with van der Waals surface area (Å²) >= 11 is 0. The van der Waals surface area contributed by atoms with Crippen LogP contribution in [-0.4, -0.2) is 50.4 Å². The summed E-state index contributed by atoms with van der Waals surface area (Å²) in [5, 5.41) is 13.3. The Morgan fingerprint density at radius 2 is 1.85 bits per heavy atom. The molecule has 1 aliphatic rings. The van der Waals surface area contributed by atoms with E-state index in [0.717, 1.165) is 31.2 Å². The second kappa shape index (κ2) is 6.81. The van der Waals surface area contributed by atoms with Crippen LogP contribution in [0.25, 0.3) is 0 Å². The minimum Gasteiger partial charge on any atom is -0.502 e. The van der Waals surface area contributed by atoms with Gasteiger partial charge >= 0.3 is 0 Å². The molecule has 112 valence electrons. The van der Waals surface area contributed by atoms with Gasteiger partial charge in [0.1, 0.15) is 0 Å². The van der Waals surface area contributed by atoms with E-state index in [1.165, 1.54) is 27.1 Å². The molecule has 1 saturated carbocycles. The Labute approximate surface area is 120 Å². The predicted octanol–water partition coefficient (Wildman–Crippen LogP) is 1.59. The molecule has 0 unspecified atom stereocenters. The Balaban J connectivity index is 1.85. The van der Waals surface area contributed by atoms with E-state index in [1.54, 1.807) is 0 Å². The molecule has 1 aliphatic carbocycles. The van der Waals surface area contributed by atoms with Crippen LogP contribution in [-0.2, 0) is 6.54 Å². The first-order chi connectivity index (χ1) is 9.65. The van der Waals surface area contributed by atoms with Crippen LogP contribution in [0, 0.1) is 0 Å². The molecule has 0 radical (unpaired) electrons. The molecular formula is C15H24N2O3. The minimum absolute atomic E-state index is 0.0483. The van der Waals surface area contributed by atoms with Gasteiger partial charge in [-0.3, -0.25) is 0 Å². The third kappa shape index (κ3) is 3.77. The molecule has 1 fully saturated rings. The second-order valence-corrected chi connectivity index (χ2v) is 5.24. The highest BCUT2D eigenvalue weighted by Crippen LogP contribution is 2.36. The van der Waals surface area contributed by atoms with Crippen molar-refractivity contribution in [3.8, 4) is 17.2 Å². The maximum atomic E-state index is 9.85. The normalized spacial score (nSPS) is 14.6. The number of nitrogens with zero attached hydrogens (tertiary/aromatic N) is 1. The Morgan fingerprint density at radius 1 is 1.25 bits per heavy atom. The van der Waals surface area contributed by atoms with Crippen molar-refractivity contribution in [2.45, 2.75) is 25.4 Å². The number of rotatable bonds is 8.